The molecular weight excluding hydrogens is 284 g/mol. The summed E-state index contributed by atoms with van der Waals surface area (Å²) in [6.45, 7) is 3.54. The highest BCUT2D eigenvalue weighted by atomic mass is 16.5. The molecule has 0 saturated heterocycles. The molecule has 0 fully saturated rings. The van der Waals surface area contributed by atoms with E-state index in [2.05, 4.69) is 0 Å². The Morgan fingerprint density at radius 2 is 2.27 bits per heavy atom. The molecule has 6 nitrogen and oxygen atoms in total. The number of hydrogen-bond acceptors (Lipinski definition) is 5. The van der Waals surface area contributed by atoms with Gasteiger partial charge in [-0.15, -0.1) is 0 Å². The van der Waals surface area contributed by atoms with Crippen LogP contribution < -0.4 is 0 Å². The fraction of sp³-hybridized carbons (Fsp3) is 0.312. The number of aliphatic hydroxyl groups is 1. The third-order valence-electron chi connectivity index (χ3n) is 3.55. The lowest BCUT2D eigenvalue weighted by molar-refractivity contribution is -0.153. The van der Waals surface area contributed by atoms with Crippen molar-refractivity contribution in [2.45, 2.75) is 26.5 Å². The minimum Gasteiger partial charge on any atom is -0.464 e. The Labute approximate surface area is 127 Å². The zero-order valence-electron chi connectivity index (χ0n) is 12.4. The lowest BCUT2D eigenvalue weighted by Gasteiger charge is -2.13. The number of aromatic nitrogens is 1. The molecule has 0 spiro atoms. The fourth-order valence-corrected chi connectivity index (χ4v) is 2.40. The van der Waals surface area contributed by atoms with Crippen molar-refractivity contribution in [2.24, 2.45) is 0 Å². The molecule has 1 heterocycles. The quantitative estimate of drug-likeness (QED) is 0.668. The van der Waals surface area contributed by atoms with Gasteiger partial charge in [0.15, 0.2) is 6.10 Å². The highest BCUT2D eigenvalue weighted by Gasteiger charge is 2.20. The summed E-state index contributed by atoms with van der Waals surface area (Å²) in [6, 6.07) is 7.04. The first-order valence-electron chi connectivity index (χ1n) is 6.86. The molecule has 114 valence electrons. The Morgan fingerprint density at radius 3 is 2.86 bits per heavy atom. The third-order valence-corrected chi connectivity index (χ3v) is 3.55. The maximum atomic E-state index is 11.6. The van der Waals surface area contributed by atoms with Gasteiger partial charge in [-0.25, -0.2) is 4.79 Å². The van der Waals surface area contributed by atoms with E-state index >= 15 is 0 Å². The number of aryl methyl sites for hydroxylation is 1. The van der Waals surface area contributed by atoms with Gasteiger partial charge < -0.3 is 14.4 Å². The number of esters is 1. The first-order chi connectivity index (χ1) is 10.5. The SMILES string of the molecule is CCOC(=O)C(O)Cn1c(C#N)cc2c(C)c(C=O)ccc21. The van der Waals surface area contributed by atoms with E-state index in [1.807, 2.05) is 6.07 Å². The minimum absolute atomic E-state index is 0.0783. The summed E-state index contributed by atoms with van der Waals surface area (Å²) in [6.07, 6.45) is -0.597. The molecule has 0 aliphatic rings. The molecule has 2 aromatic rings. The second-order valence-corrected chi connectivity index (χ2v) is 4.85. The van der Waals surface area contributed by atoms with Gasteiger partial charge in [-0.1, -0.05) is 0 Å². The van der Waals surface area contributed by atoms with Crippen LogP contribution in [0.5, 0.6) is 0 Å². The molecule has 0 aliphatic carbocycles. The molecule has 0 aliphatic heterocycles. The lowest BCUT2D eigenvalue weighted by atomic mass is 10.1. The van der Waals surface area contributed by atoms with Crippen molar-refractivity contribution in [1.29, 1.82) is 5.26 Å². The van der Waals surface area contributed by atoms with Gasteiger partial charge in [0.1, 0.15) is 18.0 Å². The number of ether oxygens (including phenoxy) is 1. The summed E-state index contributed by atoms with van der Waals surface area (Å²) in [7, 11) is 0. The van der Waals surface area contributed by atoms with E-state index in [0.29, 0.717) is 16.8 Å². The number of carbonyl (C=O) groups excluding carboxylic acids is 2. The summed E-state index contributed by atoms with van der Waals surface area (Å²) >= 11 is 0. The van der Waals surface area contributed by atoms with E-state index < -0.39 is 12.1 Å². The monoisotopic (exact) mass is 300 g/mol. The second-order valence-electron chi connectivity index (χ2n) is 4.85. The number of aliphatic hydroxyl groups excluding tert-OH is 1. The standard InChI is InChI=1S/C16H16N2O4/c1-3-22-16(21)15(20)8-18-12(7-17)6-13-10(2)11(9-19)4-5-14(13)18/h4-6,9,15,20H,3,8H2,1-2H3. The molecule has 1 aromatic heterocycles. The highest BCUT2D eigenvalue weighted by Crippen LogP contribution is 2.25. The number of benzene rings is 1. The van der Waals surface area contributed by atoms with Gasteiger partial charge in [0, 0.05) is 16.5 Å². The van der Waals surface area contributed by atoms with Crippen molar-refractivity contribution in [3.63, 3.8) is 0 Å². The largest absolute Gasteiger partial charge is 0.464 e. The Hall–Kier alpha value is -2.65. The van der Waals surface area contributed by atoms with Crippen LogP contribution in [0, 0.1) is 18.3 Å². The molecule has 1 unspecified atom stereocenters. The number of nitriles is 1. The van der Waals surface area contributed by atoms with Gasteiger partial charge in [-0.05, 0) is 37.6 Å². The van der Waals surface area contributed by atoms with E-state index in [0.717, 1.165) is 17.2 Å². The summed E-state index contributed by atoms with van der Waals surface area (Å²) in [5.41, 5.74) is 2.29. The molecule has 0 radical (unpaired) electrons. The Morgan fingerprint density at radius 1 is 1.55 bits per heavy atom. The number of fused-ring (bicyclic) bond motifs is 1. The molecule has 1 atom stereocenters. The van der Waals surface area contributed by atoms with Crippen molar-refractivity contribution in [3.8, 4) is 6.07 Å². The molecule has 0 bridgehead atoms. The Bertz CT molecular complexity index is 771. The van der Waals surface area contributed by atoms with Gasteiger partial charge in [0.2, 0.25) is 0 Å². The van der Waals surface area contributed by atoms with Crippen molar-refractivity contribution in [2.75, 3.05) is 6.61 Å². The molecular formula is C16H16N2O4. The Kier molecular flexibility index (Phi) is 4.59. The fourth-order valence-electron chi connectivity index (χ4n) is 2.40. The number of hydrogen-bond donors (Lipinski definition) is 1. The predicted molar refractivity (Wildman–Crippen MR) is 79.4 cm³/mol. The first kappa shape index (κ1) is 15.7. The summed E-state index contributed by atoms with van der Waals surface area (Å²) in [5.74, 6) is -0.727. The highest BCUT2D eigenvalue weighted by molar-refractivity contribution is 5.92. The molecule has 0 saturated carbocycles. The lowest BCUT2D eigenvalue weighted by Crippen LogP contribution is -2.28. The minimum atomic E-state index is -1.35. The maximum absolute atomic E-state index is 11.6. The van der Waals surface area contributed by atoms with E-state index in [-0.39, 0.29) is 13.2 Å². The summed E-state index contributed by atoms with van der Waals surface area (Å²) in [4.78, 5) is 22.6. The smallest absolute Gasteiger partial charge is 0.336 e. The van der Waals surface area contributed by atoms with Crippen molar-refractivity contribution in [3.05, 3.63) is 35.0 Å². The molecule has 6 heteroatoms. The normalized spacial score (nSPS) is 11.9. The number of nitrogens with zero attached hydrogens (tertiary/aromatic N) is 2. The average Bonchev–Trinajstić information content (AvgIpc) is 2.86. The van der Waals surface area contributed by atoms with Crippen LogP contribution in [0.1, 0.15) is 28.5 Å². The average molecular weight is 300 g/mol. The van der Waals surface area contributed by atoms with Crippen LogP contribution >= 0.6 is 0 Å². The van der Waals surface area contributed by atoms with Crippen LogP contribution in [0.15, 0.2) is 18.2 Å². The van der Waals surface area contributed by atoms with Crippen LogP contribution in [0.4, 0.5) is 0 Å². The number of rotatable bonds is 5. The van der Waals surface area contributed by atoms with E-state index in [9.17, 15) is 20.0 Å². The van der Waals surface area contributed by atoms with Gasteiger partial charge in [0.25, 0.3) is 0 Å². The molecule has 22 heavy (non-hydrogen) atoms. The zero-order chi connectivity index (χ0) is 16.3. The van der Waals surface area contributed by atoms with Crippen molar-refractivity contribution >= 4 is 23.2 Å². The third kappa shape index (κ3) is 2.71. The Balaban J connectivity index is 2.49. The van der Waals surface area contributed by atoms with Crippen LogP contribution in [0.3, 0.4) is 0 Å². The molecule has 2 rings (SSSR count). The predicted octanol–water partition coefficient (Wildman–Crippen LogP) is 1.56. The second kappa shape index (κ2) is 6.41. The van der Waals surface area contributed by atoms with E-state index in [1.54, 1.807) is 36.6 Å². The van der Waals surface area contributed by atoms with Crippen LogP contribution in [0.25, 0.3) is 10.9 Å². The first-order valence-corrected chi connectivity index (χ1v) is 6.86. The van der Waals surface area contributed by atoms with Crippen molar-refractivity contribution < 1.29 is 19.4 Å². The van der Waals surface area contributed by atoms with E-state index in [4.69, 9.17) is 4.74 Å². The van der Waals surface area contributed by atoms with Gasteiger partial charge in [-0.3, -0.25) is 4.79 Å². The van der Waals surface area contributed by atoms with Crippen LogP contribution in [-0.2, 0) is 16.1 Å². The number of aldehydes is 1. The van der Waals surface area contributed by atoms with E-state index in [1.165, 1.54) is 0 Å². The topological polar surface area (TPSA) is 92.3 Å². The van der Waals surface area contributed by atoms with Crippen molar-refractivity contribution in [1.82, 2.24) is 4.57 Å². The molecule has 0 amide bonds. The maximum Gasteiger partial charge on any atom is 0.336 e. The van der Waals surface area contributed by atoms with Crippen LogP contribution in [0.2, 0.25) is 0 Å². The van der Waals surface area contributed by atoms with Gasteiger partial charge in [0.05, 0.1) is 13.2 Å². The molecule has 1 aromatic carbocycles. The summed E-state index contributed by atoms with van der Waals surface area (Å²) in [5, 5.41) is 19.9. The van der Waals surface area contributed by atoms with Gasteiger partial charge >= 0.3 is 5.97 Å². The summed E-state index contributed by atoms with van der Waals surface area (Å²) < 4.78 is 6.32. The van der Waals surface area contributed by atoms with Gasteiger partial charge in [-0.2, -0.15) is 5.26 Å². The zero-order valence-corrected chi connectivity index (χ0v) is 12.4. The number of carbonyl (C=O) groups is 2. The van der Waals surface area contributed by atoms with Crippen LogP contribution in [-0.4, -0.2) is 34.6 Å². The molecule has 1 N–H and O–H groups in total.